The van der Waals surface area contributed by atoms with Crippen LogP contribution in [0, 0.1) is 5.92 Å². The molecule has 2 N–H and O–H groups in total. The molecule has 0 aromatic carbocycles. The van der Waals surface area contributed by atoms with Crippen LogP contribution in [0.15, 0.2) is 0 Å². The van der Waals surface area contributed by atoms with Gasteiger partial charge in [-0.2, -0.15) is 0 Å². The number of urea groups is 1. The van der Waals surface area contributed by atoms with E-state index in [1.807, 2.05) is 0 Å². The van der Waals surface area contributed by atoms with Crippen molar-refractivity contribution in [2.24, 2.45) is 5.92 Å². The van der Waals surface area contributed by atoms with Crippen LogP contribution in [0.3, 0.4) is 0 Å². The van der Waals surface area contributed by atoms with E-state index >= 15 is 0 Å². The summed E-state index contributed by atoms with van der Waals surface area (Å²) in [6.07, 6.45) is 1.97. The van der Waals surface area contributed by atoms with Gasteiger partial charge in [0.25, 0.3) is 0 Å². The van der Waals surface area contributed by atoms with Crippen molar-refractivity contribution in [3.63, 3.8) is 0 Å². The molecule has 0 bridgehead atoms. The lowest BCUT2D eigenvalue weighted by Gasteiger charge is -2.24. The fraction of sp³-hybridized carbons (Fsp3) is 0.833. The number of amides is 2. The number of β-amino-alcohol motifs (C(OH)–C–C–N with tert-alkyl or cyclic N) is 1. The van der Waals surface area contributed by atoms with E-state index in [4.69, 9.17) is 5.11 Å². The molecule has 0 aromatic rings. The predicted molar refractivity (Wildman–Crippen MR) is 64.1 cm³/mol. The van der Waals surface area contributed by atoms with E-state index in [0.29, 0.717) is 44.9 Å². The largest absolute Gasteiger partial charge is 0.481 e. The lowest BCUT2D eigenvalue weighted by molar-refractivity contribution is -0.137. The van der Waals surface area contributed by atoms with Gasteiger partial charge in [0.15, 0.2) is 0 Å². The molecule has 6 nitrogen and oxygen atoms in total. The zero-order valence-electron chi connectivity index (χ0n) is 10.4. The minimum absolute atomic E-state index is 0.00984. The number of carbonyl (C=O) groups excluding carboxylic acids is 1. The van der Waals surface area contributed by atoms with E-state index in [9.17, 15) is 14.7 Å². The number of aliphatic hydroxyl groups excluding tert-OH is 1. The standard InChI is InChI=1S/C12H20N2O4/c15-10-4-6-14(8-10)12(18)13-5-3-9(7-13)1-2-11(16)17/h9-10,15H,1-8H2,(H,16,17). The fourth-order valence-corrected chi connectivity index (χ4v) is 2.69. The Labute approximate surface area is 106 Å². The molecule has 102 valence electrons. The van der Waals surface area contributed by atoms with Gasteiger partial charge < -0.3 is 20.0 Å². The van der Waals surface area contributed by atoms with Crippen molar-refractivity contribution in [1.82, 2.24) is 9.80 Å². The van der Waals surface area contributed by atoms with Crippen LogP contribution in [0.1, 0.15) is 25.7 Å². The van der Waals surface area contributed by atoms with Crippen molar-refractivity contribution in [3.8, 4) is 0 Å². The van der Waals surface area contributed by atoms with Gasteiger partial charge in [-0.1, -0.05) is 0 Å². The van der Waals surface area contributed by atoms with Gasteiger partial charge in [0, 0.05) is 32.6 Å². The number of carboxylic acid groups (broad SMARTS) is 1. The van der Waals surface area contributed by atoms with Crippen molar-refractivity contribution in [2.45, 2.75) is 31.8 Å². The number of aliphatic carboxylic acids is 1. The second kappa shape index (κ2) is 5.56. The number of carbonyl (C=O) groups is 2. The number of nitrogens with zero attached hydrogens (tertiary/aromatic N) is 2. The molecule has 6 heteroatoms. The van der Waals surface area contributed by atoms with Gasteiger partial charge in [-0.05, 0) is 25.2 Å². The number of rotatable bonds is 3. The number of likely N-dealkylation sites (tertiary alicyclic amines) is 2. The van der Waals surface area contributed by atoms with E-state index in [2.05, 4.69) is 0 Å². The van der Waals surface area contributed by atoms with Crippen LogP contribution in [-0.2, 0) is 4.79 Å². The van der Waals surface area contributed by atoms with Crippen molar-refractivity contribution in [2.75, 3.05) is 26.2 Å². The molecular weight excluding hydrogens is 236 g/mol. The molecule has 2 amide bonds. The smallest absolute Gasteiger partial charge is 0.320 e. The molecule has 2 aliphatic rings. The summed E-state index contributed by atoms with van der Waals surface area (Å²) in [5.74, 6) is -0.472. The highest BCUT2D eigenvalue weighted by Crippen LogP contribution is 2.23. The maximum absolute atomic E-state index is 12.1. The number of hydrogen-bond donors (Lipinski definition) is 2. The molecule has 2 unspecified atom stereocenters. The van der Waals surface area contributed by atoms with E-state index in [1.54, 1.807) is 9.80 Å². The Kier molecular flexibility index (Phi) is 4.06. The first kappa shape index (κ1) is 13.1. The van der Waals surface area contributed by atoms with Crippen LogP contribution in [0.2, 0.25) is 0 Å². The third kappa shape index (κ3) is 3.13. The highest BCUT2D eigenvalue weighted by atomic mass is 16.4. The minimum atomic E-state index is -0.776. The van der Waals surface area contributed by atoms with E-state index in [1.165, 1.54) is 0 Å². The second-order valence-corrected chi connectivity index (χ2v) is 5.20. The Morgan fingerprint density at radius 2 is 1.78 bits per heavy atom. The molecule has 0 spiro atoms. The Morgan fingerprint density at radius 3 is 2.39 bits per heavy atom. The Balaban J connectivity index is 1.77. The van der Waals surface area contributed by atoms with Crippen LogP contribution in [0.5, 0.6) is 0 Å². The average Bonchev–Trinajstić information content (AvgIpc) is 2.94. The molecule has 2 aliphatic heterocycles. The first-order valence-corrected chi connectivity index (χ1v) is 6.50. The summed E-state index contributed by atoms with van der Waals surface area (Å²) < 4.78 is 0. The first-order valence-electron chi connectivity index (χ1n) is 6.50. The molecule has 2 atom stereocenters. The number of carboxylic acids is 1. The van der Waals surface area contributed by atoms with Crippen molar-refractivity contribution >= 4 is 12.0 Å². The van der Waals surface area contributed by atoms with Crippen molar-refractivity contribution in [3.05, 3.63) is 0 Å². The molecule has 18 heavy (non-hydrogen) atoms. The predicted octanol–water partition coefficient (Wildman–Crippen LogP) is 0.360. The van der Waals surface area contributed by atoms with Crippen LogP contribution in [0.25, 0.3) is 0 Å². The third-order valence-electron chi connectivity index (χ3n) is 3.76. The Hall–Kier alpha value is -1.30. The highest BCUT2D eigenvalue weighted by Gasteiger charge is 2.32. The van der Waals surface area contributed by atoms with Crippen LogP contribution in [0.4, 0.5) is 4.79 Å². The summed E-state index contributed by atoms with van der Waals surface area (Å²) in [4.78, 5) is 26.1. The lowest BCUT2D eigenvalue weighted by atomic mass is 10.0. The SMILES string of the molecule is O=C(O)CCC1CCN(C(=O)N2CCC(O)C2)C1. The van der Waals surface area contributed by atoms with E-state index in [0.717, 1.165) is 6.42 Å². The summed E-state index contributed by atoms with van der Waals surface area (Å²) in [7, 11) is 0. The van der Waals surface area contributed by atoms with Crippen molar-refractivity contribution in [1.29, 1.82) is 0 Å². The molecule has 2 saturated heterocycles. The maximum atomic E-state index is 12.1. The Bertz CT molecular complexity index is 334. The maximum Gasteiger partial charge on any atom is 0.320 e. The van der Waals surface area contributed by atoms with Gasteiger partial charge in [-0.3, -0.25) is 4.79 Å². The van der Waals surface area contributed by atoms with E-state index in [-0.39, 0.29) is 18.6 Å². The zero-order valence-corrected chi connectivity index (χ0v) is 10.4. The van der Waals surface area contributed by atoms with Gasteiger partial charge in [0.2, 0.25) is 0 Å². The van der Waals surface area contributed by atoms with Gasteiger partial charge >= 0.3 is 12.0 Å². The summed E-state index contributed by atoms with van der Waals surface area (Å²) in [5.41, 5.74) is 0. The number of aliphatic hydroxyl groups is 1. The fourth-order valence-electron chi connectivity index (χ4n) is 2.69. The monoisotopic (exact) mass is 256 g/mol. The van der Waals surface area contributed by atoms with Gasteiger partial charge in [-0.15, -0.1) is 0 Å². The molecule has 0 aromatic heterocycles. The minimum Gasteiger partial charge on any atom is -0.481 e. The summed E-state index contributed by atoms with van der Waals surface area (Å²) >= 11 is 0. The normalized spacial score (nSPS) is 27.8. The second-order valence-electron chi connectivity index (χ2n) is 5.20. The van der Waals surface area contributed by atoms with Gasteiger partial charge in [0.05, 0.1) is 6.10 Å². The molecule has 0 aliphatic carbocycles. The zero-order chi connectivity index (χ0) is 13.1. The Morgan fingerprint density at radius 1 is 1.11 bits per heavy atom. The summed E-state index contributed by atoms with van der Waals surface area (Å²) in [6, 6.07) is -0.00984. The molecule has 2 rings (SSSR count). The van der Waals surface area contributed by atoms with Crippen LogP contribution < -0.4 is 0 Å². The quantitative estimate of drug-likeness (QED) is 0.764. The van der Waals surface area contributed by atoms with Crippen LogP contribution >= 0.6 is 0 Å². The van der Waals surface area contributed by atoms with Crippen LogP contribution in [-0.4, -0.2) is 64.3 Å². The highest BCUT2D eigenvalue weighted by molar-refractivity contribution is 5.75. The van der Waals surface area contributed by atoms with Gasteiger partial charge in [0.1, 0.15) is 0 Å². The lowest BCUT2D eigenvalue weighted by Crippen LogP contribution is -2.41. The van der Waals surface area contributed by atoms with Gasteiger partial charge in [-0.25, -0.2) is 4.79 Å². The summed E-state index contributed by atoms with van der Waals surface area (Å²) in [5, 5.41) is 18.0. The molecule has 0 radical (unpaired) electrons. The molecular formula is C12H20N2O4. The molecule has 0 saturated carbocycles. The first-order chi connectivity index (χ1) is 8.56. The summed E-state index contributed by atoms with van der Waals surface area (Å²) in [6.45, 7) is 2.40. The average molecular weight is 256 g/mol. The van der Waals surface area contributed by atoms with E-state index < -0.39 is 5.97 Å². The molecule has 2 fully saturated rings. The van der Waals surface area contributed by atoms with Crippen molar-refractivity contribution < 1.29 is 19.8 Å². The number of hydrogen-bond acceptors (Lipinski definition) is 3. The topological polar surface area (TPSA) is 81.1 Å². The molecule has 2 heterocycles. The third-order valence-corrected chi connectivity index (χ3v) is 3.76.